The average molecular weight is 238 g/mol. The third-order valence-electron chi connectivity index (χ3n) is 3.25. The highest BCUT2D eigenvalue weighted by Gasteiger charge is 2.44. The summed E-state index contributed by atoms with van der Waals surface area (Å²) in [6.07, 6.45) is 2.40. The smallest absolute Gasteiger partial charge is 0.302 e. The largest absolute Gasteiger partial charge is 0.456 e. The molecule has 1 aromatic rings. The van der Waals surface area contributed by atoms with Crippen molar-refractivity contribution in [3.05, 3.63) is 22.1 Å². The first-order valence-corrected chi connectivity index (χ1v) is 5.78. The molecule has 0 radical (unpaired) electrons. The van der Waals surface area contributed by atoms with E-state index in [9.17, 15) is 4.79 Å². The highest BCUT2D eigenvalue weighted by atomic mass is 16.6. The number of aliphatic hydroxyl groups excluding tert-OH is 1. The van der Waals surface area contributed by atoms with Gasteiger partial charge in [0.15, 0.2) is 6.23 Å². The number of aromatic nitrogens is 2. The summed E-state index contributed by atoms with van der Waals surface area (Å²) in [5.74, 6) is 0. The van der Waals surface area contributed by atoms with Gasteiger partial charge in [0.25, 0.3) is 5.56 Å². The minimum Gasteiger partial charge on any atom is -0.456 e. The Balaban J connectivity index is 1.98. The Labute approximate surface area is 97.8 Å². The van der Waals surface area contributed by atoms with E-state index in [1.54, 1.807) is 10.8 Å². The number of hydrogen-bond acceptors (Lipinski definition) is 5. The van der Waals surface area contributed by atoms with Crippen LogP contribution in [0.5, 0.6) is 6.01 Å². The molecule has 3 heterocycles. The van der Waals surface area contributed by atoms with Crippen LogP contribution in [0.1, 0.15) is 25.1 Å². The Kier molecular flexibility index (Phi) is 2.41. The van der Waals surface area contributed by atoms with Crippen LogP contribution >= 0.6 is 0 Å². The molecule has 6 heteroatoms. The summed E-state index contributed by atoms with van der Waals surface area (Å²) >= 11 is 0. The maximum Gasteiger partial charge on any atom is 0.302 e. The van der Waals surface area contributed by atoms with Crippen molar-refractivity contribution in [2.75, 3.05) is 6.61 Å². The zero-order chi connectivity index (χ0) is 12.0. The van der Waals surface area contributed by atoms with Crippen LogP contribution in [0.4, 0.5) is 0 Å². The lowest BCUT2D eigenvalue weighted by atomic mass is 10.2. The van der Waals surface area contributed by atoms with Crippen LogP contribution in [0.15, 0.2) is 11.0 Å². The molecule has 0 bridgehead atoms. The van der Waals surface area contributed by atoms with Crippen molar-refractivity contribution in [3.63, 3.8) is 0 Å². The highest BCUT2D eigenvalue weighted by Crippen LogP contribution is 2.38. The first kappa shape index (κ1) is 10.7. The van der Waals surface area contributed by atoms with Crippen molar-refractivity contribution < 1.29 is 14.6 Å². The second-order valence-electron chi connectivity index (χ2n) is 4.34. The molecular weight excluding hydrogens is 224 g/mol. The van der Waals surface area contributed by atoms with Crippen LogP contribution in [0, 0.1) is 0 Å². The molecule has 2 aliphatic rings. The molecule has 0 aliphatic carbocycles. The van der Waals surface area contributed by atoms with Crippen LogP contribution in [0.2, 0.25) is 0 Å². The zero-order valence-electron chi connectivity index (χ0n) is 9.50. The fraction of sp³-hybridized carbons (Fsp3) is 0.636. The molecule has 3 rings (SSSR count). The zero-order valence-corrected chi connectivity index (χ0v) is 9.50. The maximum atomic E-state index is 11.6. The molecule has 1 fully saturated rings. The van der Waals surface area contributed by atoms with E-state index >= 15 is 0 Å². The second kappa shape index (κ2) is 3.82. The number of aryl methyl sites for hydroxylation is 1. The predicted molar refractivity (Wildman–Crippen MR) is 57.9 cm³/mol. The molecule has 1 aromatic heterocycles. The van der Waals surface area contributed by atoms with Crippen molar-refractivity contribution in [2.24, 2.45) is 0 Å². The monoisotopic (exact) mass is 238 g/mol. The summed E-state index contributed by atoms with van der Waals surface area (Å²) in [7, 11) is 0. The molecule has 0 spiro atoms. The SMILES string of the molecule is CCc1cn2c(nc1=O)O[C@H]1C[C@@H](CO)O[C@H]12. The Morgan fingerprint density at radius 2 is 2.47 bits per heavy atom. The molecule has 6 nitrogen and oxygen atoms in total. The number of rotatable bonds is 2. The van der Waals surface area contributed by atoms with E-state index in [0.29, 0.717) is 24.4 Å². The first-order valence-electron chi connectivity index (χ1n) is 5.78. The normalized spacial score (nSPS) is 29.9. The number of nitrogens with zero attached hydrogens (tertiary/aromatic N) is 2. The molecule has 17 heavy (non-hydrogen) atoms. The Hall–Kier alpha value is -1.40. The van der Waals surface area contributed by atoms with E-state index in [-0.39, 0.29) is 30.6 Å². The van der Waals surface area contributed by atoms with Gasteiger partial charge in [-0.15, -0.1) is 0 Å². The van der Waals surface area contributed by atoms with Gasteiger partial charge in [0.2, 0.25) is 0 Å². The van der Waals surface area contributed by atoms with Gasteiger partial charge >= 0.3 is 6.01 Å². The lowest BCUT2D eigenvalue weighted by Gasteiger charge is -2.12. The summed E-state index contributed by atoms with van der Waals surface area (Å²) in [5, 5.41) is 9.06. The molecule has 1 N–H and O–H groups in total. The molecule has 2 aliphatic heterocycles. The molecule has 0 aromatic carbocycles. The number of aliphatic hydroxyl groups is 1. The van der Waals surface area contributed by atoms with Crippen molar-refractivity contribution in [1.82, 2.24) is 9.55 Å². The van der Waals surface area contributed by atoms with Crippen LogP contribution in [-0.4, -0.2) is 33.5 Å². The quantitative estimate of drug-likeness (QED) is 0.775. The van der Waals surface area contributed by atoms with Crippen LogP contribution < -0.4 is 10.3 Å². The molecule has 3 atom stereocenters. The van der Waals surface area contributed by atoms with Gasteiger partial charge in [0.1, 0.15) is 6.10 Å². The Morgan fingerprint density at radius 1 is 1.65 bits per heavy atom. The van der Waals surface area contributed by atoms with Gasteiger partial charge in [-0.1, -0.05) is 6.92 Å². The van der Waals surface area contributed by atoms with E-state index in [0.717, 1.165) is 0 Å². The summed E-state index contributed by atoms with van der Waals surface area (Å²) in [6.45, 7) is 1.89. The van der Waals surface area contributed by atoms with E-state index in [2.05, 4.69) is 4.98 Å². The van der Waals surface area contributed by atoms with Crippen LogP contribution in [-0.2, 0) is 11.2 Å². The summed E-state index contributed by atoms with van der Waals surface area (Å²) < 4.78 is 13.0. The number of ether oxygens (including phenoxy) is 2. The lowest BCUT2D eigenvalue weighted by molar-refractivity contribution is -0.0257. The maximum absolute atomic E-state index is 11.6. The summed E-state index contributed by atoms with van der Waals surface area (Å²) in [5.41, 5.74) is 0.409. The van der Waals surface area contributed by atoms with Gasteiger partial charge in [-0.05, 0) is 6.42 Å². The topological polar surface area (TPSA) is 73.6 Å². The fourth-order valence-electron chi connectivity index (χ4n) is 2.33. The molecule has 0 saturated carbocycles. The third kappa shape index (κ3) is 1.56. The highest BCUT2D eigenvalue weighted by molar-refractivity contribution is 5.15. The number of fused-ring (bicyclic) bond motifs is 3. The van der Waals surface area contributed by atoms with Gasteiger partial charge < -0.3 is 14.6 Å². The molecule has 92 valence electrons. The fourth-order valence-corrected chi connectivity index (χ4v) is 2.33. The van der Waals surface area contributed by atoms with Crippen molar-refractivity contribution >= 4 is 0 Å². The van der Waals surface area contributed by atoms with Crippen LogP contribution in [0.3, 0.4) is 0 Å². The van der Waals surface area contributed by atoms with Crippen molar-refractivity contribution in [1.29, 1.82) is 0 Å². The van der Waals surface area contributed by atoms with Gasteiger partial charge in [-0.3, -0.25) is 9.36 Å². The minimum atomic E-state index is -0.263. The van der Waals surface area contributed by atoms with Gasteiger partial charge in [0, 0.05) is 18.2 Å². The molecular formula is C11H14N2O4. The van der Waals surface area contributed by atoms with E-state index in [4.69, 9.17) is 14.6 Å². The average Bonchev–Trinajstić information content (AvgIpc) is 2.84. The van der Waals surface area contributed by atoms with E-state index in [1.165, 1.54) is 0 Å². The second-order valence-corrected chi connectivity index (χ2v) is 4.34. The molecule has 1 saturated heterocycles. The summed E-state index contributed by atoms with van der Waals surface area (Å²) in [6, 6.07) is 0.318. The minimum absolute atomic E-state index is 0.0139. The van der Waals surface area contributed by atoms with Crippen molar-refractivity contribution in [2.45, 2.75) is 38.2 Å². The Morgan fingerprint density at radius 3 is 3.18 bits per heavy atom. The third-order valence-corrected chi connectivity index (χ3v) is 3.25. The van der Waals surface area contributed by atoms with E-state index < -0.39 is 0 Å². The lowest BCUT2D eigenvalue weighted by Crippen LogP contribution is -2.19. The Bertz CT molecular complexity index is 499. The molecule has 0 amide bonds. The van der Waals surface area contributed by atoms with Gasteiger partial charge in [-0.25, -0.2) is 0 Å². The van der Waals surface area contributed by atoms with Gasteiger partial charge in [-0.2, -0.15) is 4.98 Å². The predicted octanol–water partition coefficient (Wildman–Crippen LogP) is -0.153. The van der Waals surface area contributed by atoms with Crippen LogP contribution in [0.25, 0.3) is 0 Å². The first-order chi connectivity index (χ1) is 8.22. The summed E-state index contributed by atoms with van der Waals surface area (Å²) in [4.78, 5) is 15.5. The van der Waals surface area contributed by atoms with E-state index in [1.807, 2.05) is 6.92 Å². The van der Waals surface area contributed by atoms with Crippen molar-refractivity contribution in [3.8, 4) is 6.01 Å². The standard InChI is InChI=1S/C11H14N2O4/c1-2-6-4-13-10-8(3-7(5-14)16-10)17-11(13)12-9(6)15/h4,7-8,10,14H,2-3,5H2,1H3/t7-,8-,10+/m0/s1. The number of hydrogen-bond donors (Lipinski definition) is 1. The van der Waals surface area contributed by atoms with Gasteiger partial charge in [0.05, 0.1) is 12.7 Å². The molecule has 0 unspecified atom stereocenters.